The molecule has 5 heteroatoms. The highest BCUT2D eigenvalue weighted by atomic mass is 16.5. The molecule has 1 aliphatic heterocycles. The summed E-state index contributed by atoms with van der Waals surface area (Å²) in [5.74, 6) is 1.70. The summed E-state index contributed by atoms with van der Waals surface area (Å²) in [5.41, 5.74) is 4.84. The van der Waals surface area contributed by atoms with Crippen LogP contribution in [-0.4, -0.2) is 29.5 Å². The van der Waals surface area contributed by atoms with Crippen LogP contribution in [0.2, 0.25) is 0 Å². The van der Waals surface area contributed by atoms with Crippen molar-refractivity contribution in [2.24, 2.45) is 0 Å². The molecule has 2 aromatic rings. The molecule has 1 aromatic heterocycles. The average Bonchev–Trinajstić information content (AvgIpc) is 2.86. The lowest BCUT2D eigenvalue weighted by atomic mass is 10.0. The summed E-state index contributed by atoms with van der Waals surface area (Å²) in [7, 11) is 1.68. The summed E-state index contributed by atoms with van der Waals surface area (Å²) in [6.45, 7) is 10.0. The lowest BCUT2D eigenvalue weighted by Gasteiger charge is -2.27. The van der Waals surface area contributed by atoms with Crippen LogP contribution in [0, 0.1) is 13.8 Å². The first-order valence-electron chi connectivity index (χ1n) is 8.58. The number of nitrogens with one attached hydrogen (secondary N) is 1. The molecule has 0 unspecified atom stereocenters. The Labute approximate surface area is 144 Å². The Morgan fingerprint density at radius 1 is 1.38 bits per heavy atom. The number of rotatable bonds is 5. The lowest BCUT2D eigenvalue weighted by Crippen LogP contribution is -2.39. The van der Waals surface area contributed by atoms with Gasteiger partial charge >= 0.3 is 0 Å². The second-order valence-corrected chi connectivity index (χ2v) is 6.73. The van der Waals surface area contributed by atoms with Crippen molar-refractivity contribution in [2.75, 3.05) is 13.7 Å². The molecule has 0 bridgehead atoms. The highest BCUT2D eigenvalue weighted by molar-refractivity contribution is 5.48. The number of hydrogen-bond acceptors (Lipinski definition) is 4. The van der Waals surface area contributed by atoms with Crippen LogP contribution in [0.4, 0.5) is 0 Å². The topological polar surface area (TPSA) is 48.3 Å². The van der Waals surface area contributed by atoms with E-state index in [-0.39, 0.29) is 0 Å². The standard InChI is InChI=1S/C19H27N3O2/c1-12(2)22-14(4)17(13(3)21-22)10-20-16-9-15-7-6-8-18(23-5)19(15)24-11-16/h6-8,12,16,20H,9-11H2,1-5H3/t16-/m0/s1. The Balaban J connectivity index is 1.69. The minimum atomic E-state index is 0.297. The predicted octanol–water partition coefficient (Wildman–Crippen LogP) is 3.18. The Morgan fingerprint density at radius 3 is 2.83 bits per heavy atom. The number of aromatic nitrogens is 2. The van der Waals surface area contributed by atoms with Crippen molar-refractivity contribution in [3.63, 3.8) is 0 Å². The molecule has 0 fully saturated rings. The van der Waals surface area contributed by atoms with E-state index >= 15 is 0 Å². The van der Waals surface area contributed by atoms with Gasteiger partial charge < -0.3 is 14.8 Å². The Kier molecular flexibility index (Phi) is 4.81. The lowest BCUT2D eigenvalue weighted by molar-refractivity contribution is 0.226. The van der Waals surface area contributed by atoms with E-state index in [0.717, 1.165) is 30.2 Å². The van der Waals surface area contributed by atoms with Crippen molar-refractivity contribution in [1.29, 1.82) is 0 Å². The second kappa shape index (κ2) is 6.85. The summed E-state index contributed by atoms with van der Waals surface area (Å²) in [6.07, 6.45) is 0.947. The molecule has 1 aromatic carbocycles. The van der Waals surface area contributed by atoms with E-state index < -0.39 is 0 Å². The number of fused-ring (bicyclic) bond motifs is 1. The number of methoxy groups -OCH3 is 1. The SMILES string of the molecule is COc1cccc2c1OC[C@@H](NCc1c(C)nn(C(C)C)c1C)C2. The minimum absolute atomic E-state index is 0.297. The number of ether oxygens (including phenoxy) is 2. The van der Waals surface area contributed by atoms with Gasteiger partial charge in [-0.1, -0.05) is 12.1 Å². The van der Waals surface area contributed by atoms with E-state index in [1.807, 2.05) is 12.1 Å². The molecule has 0 radical (unpaired) electrons. The zero-order chi connectivity index (χ0) is 17.3. The van der Waals surface area contributed by atoms with Gasteiger partial charge in [-0.25, -0.2) is 0 Å². The zero-order valence-electron chi connectivity index (χ0n) is 15.2. The monoisotopic (exact) mass is 329 g/mol. The molecule has 0 saturated carbocycles. The van der Waals surface area contributed by atoms with E-state index in [9.17, 15) is 0 Å². The first-order valence-corrected chi connectivity index (χ1v) is 8.58. The first-order chi connectivity index (χ1) is 11.5. The fourth-order valence-electron chi connectivity index (χ4n) is 3.39. The predicted molar refractivity (Wildman–Crippen MR) is 94.9 cm³/mol. The molecule has 24 heavy (non-hydrogen) atoms. The number of hydrogen-bond donors (Lipinski definition) is 1. The van der Waals surface area contributed by atoms with Gasteiger partial charge in [0.1, 0.15) is 6.61 Å². The Bertz CT molecular complexity index is 722. The van der Waals surface area contributed by atoms with Gasteiger partial charge in [0.15, 0.2) is 11.5 Å². The van der Waals surface area contributed by atoms with Crippen LogP contribution in [0.3, 0.4) is 0 Å². The van der Waals surface area contributed by atoms with Crippen LogP contribution >= 0.6 is 0 Å². The van der Waals surface area contributed by atoms with Crippen molar-refractivity contribution in [1.82, 2.24) is 15.1 Å². The third-order valence-electron chi connectivity index (χ3n) is 4.71. The fourth-order valence-corrected chi connectivity index (χ4v) is 3.39. The molecular formula is C19H27N3O2. The fraction of sp³-hybridized carbons (Fsp3) is 0.526. The molecule has 0 spiro atoms. The van der Waals surface area contributed by atoms with Gasteiger partial charge in [0.2, 0.25) is 0 Å². The number of nitrogens with zero attached hydrogens (tertiary/aromatic N) is 2. The van der Waals surface area contributed by atoms with Crippen molar-refractivity contribution >= 4 is 0 Å². The average molecular weight is 329 g/mol. The molecule has 5 nitrogen and oxygen atoms in total. The smallest absolute Gasteiger partial charge is 0.164 e. The number of benzene rings is 1. The van der Waals surface area contributed by atoms with Crippen LogP contribution in [0.5, 0.6) is 11.5 Å². The maximum Gasteiger partial charge on any atom is 0.164 e. The molecule has 0 saturated heterocycles. The van der Waals surface area contributed by atoms with Crippen molar-refractivity contribution in [3.05, 3.63) is 40.7 Å². The second-order valence-electron chi connectivity index (χ2n) is 6.73. The summed E-state index contributed by atoms with van der Waals surface area (Å²) in [6, 6.07) is 6.75. The molecular weight excluding hydrogens is 302 g/mol. The van der Waals surface area contributed by atoms with Gasteiger partial charge in [0.25, 0.3) is 0 Å². The minimum Gasteiger partial charge on any atom is -0.493 e. The zero-order valence-corrected chi connectivity index (χ0v) is 15.2. The highest BCUT2D eigenvalue weighted by Gasteiger charge is 2.23. The van der Waals surface area contributed by atoms with Crippen LogP contribution in [-0.2, 0) is 13.0 Å². The molecule has 130 valence electrons. The van der Waals surface area contributed by atoms with Crippen molar-refractivity contribution < 1.29 is 9.47 Å². The summed E-state index contributed by atoms with van der Waals surface area (Å²) in [4.78, 5) is 0. The van der Waals surface area contributed by atoms with E-state index in [2.05, 4.69) is 48.9 Å². The van der Waals surface area contributed by atoms with Crippen LogP contribution in [0.1, 0.15) is 42.4 Å². The van der Waals surface area contributed by atoms with Gasteiger partial charge in [0.05, 0.1) is 12.8 Å². The number of aryl methyl sites for hydroxylation is 1. The Morgan fingerprint density at radius 2 is 2.17 bits per heavy atom. The van der Waals surface area contributed by atoms with Crippen LogP contribution < -0.4 is 14.8 Å². The van der Waals surface area contributed by atoms with Crippen LogP contribution in [0.25, 0.3) is 0 Å². The third-order valence-corrected chi connectivity index (χ3v) is 4.71. The molecule has 1 aliphatic rings. The Hall–Kier alpha value is -2.01. The molecule has 1 N–H and O–H groups in total. The van der Waals surface area contributed by atoms with Gasteiger partial charge in [-0.3, -0.25) is 4.68 Å². The van der Waals surface area contributed by atoms with Gasteiger partial charge in [0, 0.05) is 29.9 Å². The van der Waals surface area contributed by atoms with E-state index in [1.54, 1.807) is 7.11 Å². The maximum absolute atomic E-state index is 5.94. The van der Waals surface area contributed by atoms with Gasteiger partial charge in [-0.05, 0) is 45.7 Å². The molecule has 2 heterocycles. The van der Waals surface area contributed by atoms with E-state index in [0.29, 0.717) is 18.7 Å². The normalized spacial score (nSPS) is 16.8. The quantitative estimate of drug-likeness (QED) is 0.915. The van der Waals surface area contributed by atoms with Crippen molar-refractivity contribution in [3.8, 4) is 11.5 Å². The molecule has 1 atom stereocenters. The third kappa shape index (κ3) is 3.13. The molecule has 3 rings (SSSR count). The summed E-state index contributed by atoms with van der Waals surface area (Å²) < 4.78 is 13.4. The number of para-hydroxylation sites is 1. The van der Waals surface area contributed by atoms with Gasteiger partial charge in [-0.15, -0.1) is 0 Å². The largest absolute Gasteiger partial charge is 0.493 e. The van der Waals surface area contributed by atoms with Crippen molar-refractivity contribution in [2.45, 2.75) is 52.7 Å². The summed E-state index contributed by atoms with van der Waals surface area (Å²) >= 11 is 0. The maximum atomic E-state index is 5.94. The highest BCUT2D eigenvalue weighted by Crippen LogP contribution is 2.34. The van der Waals surface area contributed by atoms with Gasteiger partial charge in [-0.2, -0.15) is 5.10 Å². The van der Waals surface area contributed by atoms with E-state index in [1.165, 1.54) is 16.8 Å². The summed E-state index contributed by atoms with van der Waals surface area (Å²) in [5, 5.41) is 8.29. The molecule has 0 amide bonds. The van der Waals surface area contributed by atoms with Crippen LogP contribution in [0.15, 0.2) is 18.2 Å². The first kappa shape index (κ1) is 16.8. The van der Waals surface area contributed by atoms with E-state index in [4.69, 9.17) is 9.47 Å². The molecule has 0 aliphatic carbocycles.